The van der Waals surface area contributed by atoms with Gasteiger partial charge in [0.1, 0.15) is 0 Å². The second-order valence-corrected chi connectivity index (χ2v) is 4.26. The second-order valence-electron chi connectivity index (χ2n) is 4.26. The number of halogens is 2. The van der Waals surface area contributed by atoms with Gasteiger partial charge in [-0.15, -0.1) is 0 Å². The van der Waals surface area contributed by atoms with Crippen molar-refractivity contribution in [2.24, 2.45) is 0 Å². The van der Waals surface area contributed by atoms with Crippen LogP contribution in [0.25, 0.3) is 0 Å². The molecule has 2 rings (SSSR count). The summed E-state index contributed by atoms with van der Waals surface area (Å²) in [7, 11) is 0. The van der Waals surface area contributed by atoms with Crippen LogP contribution in [0, 0.1) is 0 Å². The molecule has 1 fully saturated rings. The van der Waals surface area contributed by atoms with Crippen LogP contribution in [0.4, 0.5) is 8.78 Å². The first-order valence-electron chi connectivity index (χ1n) is 5.10. The molecule has 5 heteroatoms. The van der Waals surface area contributed by atoms with E-state index in [-0.39, 0.29) is 25.7 Å². The maximum atomic E-state index is 13.0. The van der Waals surface area contributed by atoms with Crippen LogP contribution in [0.2, 0.25) is 0 Å². The minimum atomic E-state index is -2.73. The van der Waals surface area contributed by atoms with E-state index in [0.29, 0.717) is 5.56 Å². The van der Waals surface area contributed by atoms with Crippen molar-refractivity contribution in [3.8, 4) is 0 Å². The summed E-state index contributed by atoms with van der Waals surface area (Å²) >= 11 is 0. The molecule has 1 aromatic rings. The molecule has 1 aliphatic rings. The van der Waals surface area contributed by atoms with Gasteiger partial charge in [0, 0.05) is 18.4 Å². The van der Waals surface area contributed by atoms with Crippen LogP contribution < -0.4 is 0 Å². The van der Waals surface area contributed by atoms with Crippen molar-refractivity contribution >= 4 is 5.97 Å². The van der Waals surface area contributed by atoms with Crippen LogP contribution in [0.15, 0.2) is 23.0 Å². The first-order chi connectivity index (χ1) is 7.46. The van der Waals surface area contributed by atoms with Gasteiger partial charge in [0.15, 0.2) is 0 Å². The van der Waals surface area contributed by atoms with Crippen molar-refractivity contribution in [3.63, 3.8) is 0 Å². The van der Waals surface area contributed by atoms with Crippen molar-refractivity contribution in [2.45, 2.75) is 37.0 Å². The van der Waals surface area contributed by atoms with Crippen LogP contribution in [-0.4, -0.2) is 17.0 Å². The van der Waals surface area contributed by atoms with Crippen LogP contribution in [0.1, 0.15) is 31.2 Å². The van der Waals surface area contributed by atoms with Gasteiger partial charge in [0.05, 0.1) is 17.9 Å². The average Bonchev–Trinajstić information content (AvgIpc) is 2.71. The Hall–Kier alpha value is -1.39. The number of furan rings is 1. The summed E-state index contributed by atoms with van der Waals surface area (Å²) in [5.41, 5.74) is -0.718. The van der Waals surface area contributed by atoms with Gasteiger partial charge in [0.2, 0.25) is 5.92 Å². The Morgan fingerprint density at radius 1 is 1.31 bits per heavy atom. The summed E-state index contributed by atoms with van der Waals surface area (Å²) in [6.45, 7) is 0. The first kappa shape index (κ1) is 11.1. The predicted molar refractivity (Wildman–Crippen MR) is 51.4 cm³/mol. The third-order valence-electron chi connectivity index (χ3n) is 3.32. The molecule has 0 atom stereocenters. The van der Waals surface area contributed by atoms with Gasteiger partial charge < -0.3 is 9.52 Å². The molecule has 0 radical (unpaired) electrons. The fourth-order valence-electron chi connectivity index (χ4n) is 2.21. The fourth-order valence-corrected chi connectivity index (χ4v) is 2.21. The largest absolute Gasteiger partial charge is 0.481 e. The van der Waals surface area contributed by atoms with Gasteiger partial charge >= 0.3 is 5.97 Å². The summed E-state index contributed by atoms with van der Waals surface area (Å²) < 4.78 is 30.9. The van der Waals surface area contributed by atoms with Gasteiger partial charge in [-0.2, -0.15) is 0 Å². The number of carbonyl (C=O) groups is 1. The fraction of sp³-hybridized carbons (Fsp3) is 0.545. The number of carboxylic acid groups (broad SMARTS) is 1. The molecule has 0 unspecified atom stereocenters. The number of carboxylic acids is 1. The summed E-state index contributed by atoms with van der Waals surface area (Å²) in [6, 6.07) is 1.54. The van der Waals surface area contributed by atoms with Gasteiger partial charge in [0.25, 0.3) is 0 Å². The van der Waals surface area contributed by atoms with Crippen molar-refractivity contribution < 1.29 is 23.1 Å². The van der Waals surface area contributed by atoms with Crippen molar-refractivity contribution in [2.75, 3.05) is 0 Å². The minimum Gasteiger partial charge on any atom is -0.481 e. The Kier molecular flexibility index (Phi) is 2.48. The van der Waals surface area contributed by atoms with Gasteiger partial charge in [-0.1, -0.05) is 0 Å². The molecule has 1 N–H and O–H groups in total. The molecule has 1 saturated carbocycles. The Labute approximate surface area is 91.1 Å². The van der Waals surface area contributed by atoms with Crippen LogP contribution in [0.3, 0.4) is 0 Å². The molecule has 0 spiro atoms. The zero-order chi connectivity index (χ0) is 11.8. The molecule has 1 aromatic heterocycles. The van der Waals surface area contributed by atoms with E-state index in [4.69, 9.17) is 4.42 Å². The number of aliphatic carboxylic acids is 1. The zero-order valence-corrected chi connectivity index (χ0v) is 8.58. The lowest BCUT2D eigenvalue weighted by Crippen LogP contribution is -2.42. The lowest BCUT2D eigenvalue weighted by atomic mass is 9.69. The Bertz CT molecular complexity index is 374. The molecule has 88 valence electrons. The molecule has 0 aromatic carbocycles. The Morgan fingerprint density at radius 2 is 1.94 bits per heavy atom. The van der Waals surface area contributed by atoms with E-state index >= 15 is 0 Å². The quantitative estimate of drug-likeness (QED) is 0.849. The number of hydrogen-bond acceptors (Lipinski definition) is 2. The third-order valence-corrected chi connectivity index (χ3v) is 3.32. The van der Waals surface area contributed by atoms with Crippen molar-refractivity contribution in [1.82, 2.24) is 0 Å². The summed E-state index contributed by atoms with van der Waals surface area (Å²) in [4.78, 5) is 11.3. The van der Waals surface area contributed by atoms with Crippen LogP contribution in [0.5, 0.6) is 0 Å². The zero-order valence-electron chi connectivity index (χ0n) is 8.58. The van der Waals surface area contributed by atoms with Crippen molar-refractivity contribution in [3.05, 3.63) is 24.2 Å². The van der Waals surface area contributed by atoms with Crippen molar-refractivity contribution in [1.29, 1.82) is 0 Å². The van der Waals surface area contributed by atoms with E-state index in [1.807, 2.05) is 0 Å². The van der Waals surface area contributed by atoms with E-state index in [1.165, 1.54) is 18.6 Å². The summed E-state index contributed by atoms with van der Waals surface area (Å²) in [6.07, 6.45) is 1.84. The van der Waals surface area contributed by atoms with Gasteiger partial charge in [-0.25, -0.2) is 8.78 Å². The molecule has 0 saturated heterocycles. The molecule has 3 nitrogen and oxygen atoms in total. The molecule has 1 heterocycles. The number of alkyl halides is 2. The van der Waals surface area contributed by atoms with E-state index in [0.717, 1.165) is 0 Å². The van der Waals surface area contributed by atoms with E-state index in [2.05, 4.69) is 0 Å². The predicted octanol–water partition coefficient (Wildman–Crippen LogP) is 2.81. The van der Waals surface area contributed by atoms with E-state index in [1.54, 1.807) is 0 Å². The molecule has 0 bridgehead atoms. The number of hydrogen-bond donors (Lipinski definition) is 1. The number of rotatable bonds is 2. The monoisotopic (exact) mass is 230 g/mol. The normalized spacial score (nSPS) is 22.9. The maximum Gasteiger partial charge on any atom is 0.314 e. The molecular weight excluding hydrogens is 218 g/mol. The van der Waals surface area contributed by atoms with E-state index in [9.17, 15) is 18.7 Å². The third kappa shape index (κ3) is 1.70. The molecule has 1 aliphatic carbocycles. The van der Waals surface area contributed by atoms with Gasteiger partial charge in [-0.3, -0.25) is 4.79 Å². The summed E-state index contributed by atoms with van der Waals surface area (Å²) in [5, 5.41) is 9.24. The Balaban J connectivity index is 2.30. The van der Waals surface area contributed by atoms with Crippen LogP contribution in [-0.2, 0) is 10.2 Å². The lowest BCUT2D eigenvalue weighted by molar-refractivity contribution is -0.149. The highest BCUT2D eigenvalue weighted by Gasteiger charge is 2.49. The SMILES string of the molecule is O=C(O)C1(c2ccoc2)CCC(F)(F)CC1. The molecular formula is C11H12F2O3. The highest BCUT2D eigenvalue weighted by molar-refractivity contribution is 5.81. The Morgan fingerprint density at radius 3 is 2.38 bits per heavy atom. The standard InChI is InChI=1S/C11H12F2O3/c12-11(13)4-2-10(3-5-11,9(14)15)8-1-6-16-7-8/h1,6-7H,2-5H2,(H,14,15). The topological polar surface area (TPSA) is 50.4 Å². The lowest BCUT2D eigenvalue weighted by Gasteiger charge is -2.35. The van der Waals surface area contributed by atoms with E-state index < -0.39 is 17.3 Å². The molecule has 0 aliphatic heterocycles. The smallest absolute Gasteiger partial charge is 0.314 e. The van der Waals surface area contributed by atoms with Crippen LogP contribution >= 0.6 is 0 Å². The first-order valence-corrected chi connectivity index (χ1v) is 5.10. The average molecular weight is 230 g/mol. The second kappa shape index (κ2) is 3.57. The minimum absolute atomic E-state index is 0.0468. The molecule has 0 amide bonds. The maximum absolute atomic E-state index is 13.0. The summed E-state index contributed by atoms with van der Waals surface area (Å²) in [5.74, 6) is -3.78. The highest BCUT2D eigenvalue weighted by Crippen LogP contribution is 2.45. The molecule has 16 heavy (non-hydrogen) atoms. The van der Waals surface area contributed by atoms with Gasteiger partial charge in [-0.05, 0) is 18.9 Å². The highest BCUT2D eigenvalue weighted by atomic mass is 19.3.